The first-order valence-electron chi connectivity index (χ1n) is 6.25. The molecular weight excluding hydrogens is 224 g/mol. The summed E-state index contributed by atoms with van der Waals surface area (Å²) in [5.74, 6) is 0. The Morgan fingerprint density at radius 2 is 2.06 bits per heavy atom. The Morgan fingerprint density at radius 3 is 2.78 bits per heavy atom. The molecule has 0 aliphatic rings. The number of benzene rings is 1. The number of fused-ring (bicyclic) bond motifs is 1. The van der Waals surface area contributed by atoms with Crippen molar-refractivity contribution in [3.63, 3.8) is 0 Å². The Bertz CT molecular complexity index is 535. The van der Waals surface area contributed by atoms with Crippen LogP contribution in [0.2, 0.25) is 0 Å². The lowest BCUT2D eigenvalue weighted by Crippen LogP contribution is -2.47. The molecule has 0 aliphatic carbocycles. The minimum atomic E-state index is -0.387. The van der Waals surface area contributed by atoms with Gasteiger partial charge in [0.2, 0.25) is 0 Å². The molecule has 3 heteroatoms. The van der Waals surface area contributed by atoms with Crippen molar-refractivity contribution in [1.29, 1.82) is 0 Å². The van der Waals surface area contributed by atoms with E-state index in [-0.39, 0.29) is 11.6 Å². The van der Waals surface area contributed by atoms with Gasteiger partial charge < -0.3 is 10.4 Å². The maximum Gasteiger partial charge on any atom is 0.0688 e. The monoisotopic (exact) mass is 244 g/mol. The van der Waals surface area contributed by atoms with Gasteiger partial charge in [-0.15, -0.1) is 0 Å². The highest BCUT2D eigenvalue weighted by molar-refractivity contribution is 5.81. The van der Waals surface area contributed by atoms with Crippen LogP contribution in [0.3, 0.4) is 0 Å². The Hall–Kier alpha value is -1.45. The number of rotatable bonds is 4. The Morgan fingerprint density at radius 1 is 1.28 bits per heavy atom. The fourth-order valence-electron chi connectivity index (χ4n) is 1.72. The summed E-state index contributed by atoms with van der Waals surface area (Å²) in [4.78, 5) is 4.10. The van der Waals surface area contributed by atoms with E-state index in [0.717, 1.165) is 11.9 Å². The molecule has 0 bridgehead atoms. The molecule has 1 aromatic heterocycles. The summed E-state index contributed by atoms with van der Waals surface area (Å²) in [6.07, 6.45) is 3.29. The second-order valence-corrected chi connectivity index (χ2v) is 5.31. The molecule has 1 aromatic carbocycles. The number of nitrogens with zero attached hydrogens (tertiary/aromatic N) is 1. The first kappa shape index (κ1) is 13.0. The zero-order valence-corrected chi connectivity index (χ0v) is 11.1. The molecule has 2 rings (SSSR count). The van der Waals surface area contributed by atoms with Crippen molar-refractivity contribution in [2.75, 3.05) is 0 Å². The number of aliphatic hydroxyl groups is 1. The zero-order chi connectivity index (χ0) is 13.2. The van der Waals surface area contributed by atoms with E-state index in [1.807, 2.05) is 26.1 Å². The number of hydrogen-bond donors (Lipinski definition) is 2. The highest BCUT2D eigenvalue weighted by atomic mass is 16.3. The molecule has 96 valence electrons. The summed E-state index contributed by atoms with van der Waals surface area (Å²) in [5.41, 5.74) is 0.926. The van der Waals surface area contributed by atoms with Crippen molar-refractivity contribution in [3.05, 3.63) is 42.2 Å². The van der Waals surface area contributed by atoms with Crippen LogP contribution in [0.5, 0.6) is 0 Å². The van der Waals surface area contributed by atoms with Crippen molar-refractivity contribution in [2.45, 2.75) is 39.0 Å². The summed E-state index contributed by atoms with van der Waals surface area (Å²) >= 11 is 0. The van der Waals surface area contributed by atoms with E-state index in [0.29, 0.717) is 0 Å². The maximum absolute atomic E-state index is 9.66. The lowest BCUT2D eigenvalue weighted by molar-refractivity contribution is 0.0956. The Kier molecular flexibility index (Phi) is 3.64. The molecule has 0 fully saturated rings. The van der Waals surface area contributed by atoms with Gasteiger partial charge in [-0.3, -0.25) is 4.98 Å². The van der Waals surface area contributed by atoms with Gasteiger partial charge in [-0.05, 0) is 43.9 Å². The second kappa shape index (κ2) is 5.04. The van der Waals surface area contributed by atoms with Gasteiger partial charge in [0.05, 0.1) is 6.10 Å². The molecule has 2 N–H and O–H groups in total. The number of aromatic nitrogens is 1. The number of pyridine rings is 1. The van der Waals surface area contributed by atoms with Gasteiger partial charge in [-0.2, -0.15) is 0 Å². The molecule has 0 radical (unpaired) electrons. The van der Waals surface area contributed by atoms with Crippen LogP contribution in [0, 0.1) is 0 Å². The van der Waals surface area contributed by atoms with Gasteiger partial charge in [0, 0.05) is 29.9 Å². The van der Waals surface area contributed by atoms with Gasteiger partial charge in [-0.25, -0.2) is 0 Å². The van der Waals surface area contributed by atoms with Crippen LogP contribution in [0.4, 0.5) is 0 Å². The number of hydrogen-bond acceptors (Lipinski definition) is 3. The van der Waals surface area contributed by atoms with Gasteiger partial charge >= 0.3 is 0 Å². The lowest BCUT2D eigenvalue weighted by Gasteiger charge is -2.29. The predicted octanol–water partition coefficient (Wildman–Crippen LogP) is 2.48. The third kappa shape index (κ3) is 2.86. The van der Waals surface area contributed by atoms with E-state index in [1.165, 1.54) is 10.9 Å². The van der Waals surface area contributed by atoms with Crippen LogP contribution < -0.4 is 5.32 Å². The van der Waals surface area contributed by atoms with Crippen LogP contribution in [-0.2, 0) is 6.54 Å². The molecule has 1 atom stereocenters. The zero-order valence-electron chi connectivity index (χ0n) is 11.1. The van der Waals surface area contributed by atoms with Crippen molar-refractivity contribution < 1.29 is 5.11 Å². The average molecular weight is 244 g/mol. The average Bonchev–Trinajstić information content (AvgIpc) is 2.36. The first-order valence-corrected chi connectivity index (χ1v) is 6.25. The van der Waals surface area contributed by atoms with E-state index < -0.39 is 0 Å². The third-order valence-corrected chi connectivity index (χ3v) is 3.50. The quantitative estimate of drug-likeness (QED) is 0.868. The SMILES string of the molecule is CC(O)C(C)(C)NCc1ccc2cnccc2c1. The van der Waals surface area contributed by atoms with Crippen molar-refractivity contribution >= 4 is 10.8 Å². The van der Waals surface area contributed by atoms with E-state index in [1.54, 1.807) is 13.1 Å². The number of nitrogens with one attached hydrogen (secondary N) is 1. The van der Waals surface area contributed by atoms with E-state index in [4.69, 9.17) is 0 Å². The molecule has 1 unspecified atom stereocenters. The highest BCUT2D eigenvalue weighted by Gasteiger charge is 2.22. The van der Waals surface area contributed by atoms with Crippen molar-refractivity contribution in [2.24, 2.45) is 0 Å². The van der Waals surface area contributed by atoms with Crippen molar-refractivity contribution in [1.82, 2.24) is 10.3 Å². The largest absolute Gasteiger partial charge is 0.392 e. The summed E-state index contributed by atoms with van der Waals surface area (Å²) < 4.78 is 0. The molecule has 0 saturated heterocycles. The Balaban J connectivity index is 2.13. The van der Waals surface area contributed by atoms with Crippen LogP contribution in [-0.4, -0.2) is 21.7 Å². The molecular formula is C15H20N2O. The summed E-state index contributed by atoms with van der Waals surface area (Å²) in [6.45, 7) is 6.56. The fraction of sp³-hybridized carbons (Fsp3) is 0.400. The van der Waals surface area contributed by atoms with Crippen LogP contribution >= 0.6 is 0 Å². The molecule has 0 aliphatic heterocycles. The molecule has 2 aromatic rings. The molecule has 3 nitrogen and oxygen atoms in total. The summed E-state index contributed by atoms with van der Waals surface area (Å²) in [6, 6.07) is 8.34. The molecule has 18 heavy (non-hydrogen) atoms. The Labute approximate surface area is 108 Å². The third-order valence-electron chi connectivity index (χ3n) is 3.50. The topological polar surface area (TPSA) is 45.1 Å². The highest BCUT2D eigenvalue weighted by Crippen LogP contribution is 2.16. The molecule has 0 amide bonds. The van der Waals surface area contributed by atoms with Crippen molar-refractivity contribution in [3.8, 4) is 0 Å². The standard InChI is InChI=1S/C15H20N2O/c1-11(18)15(2,3)17-9-12-4-5-14-10-16-7-6-13(14)8-12/h4-8,10-11,17-18H,9H2,1-3H3. The summed E-state index contributed by atoms with van der Waals surface area (Å²) in [7, 11) is 0. The second-order valence-electron chi connectivity index (χ2n) is 5.31. The molecule has 0 spiro atoms. The van der Waals surface area contributed by atoms with Gasteiger partial charge in [-0.1, -0.05) is 12.1 Å². The normalized spacial score (nSPS) is 13.8. The summed E-state index contributed by atoms with van der Waals surface area (Å²) in [5, 5.41) is 15.4. The van der Waals surface area contributed by atoms with E-state index in [2.05, 4.69) is 28.5 Å². The predicted molar refractivity (Wildman–Crippen MR) is 74.3 cm³/mol. The van der Waals surface area contributed by atoms with Gasteiger partial charge in [0.15, 0.2) is 0 Å². The van der Waals surface area contributed by atoms with Crippen LogP contribution in [0.15, 0.2) is 36.7 Å². The lowest BCUT2D eigenvalue weighted by atomic mass is 9.98. The maximum atomic E-state index is 9.66. The minimum absolute atomic E-state index is 0.285. The first-order chi connectivity index (χ1) is 8.49. The van der Waals surface area contributed by atoms with Crippen LogP contribution in [0.25, 0.3) is 10.8 Å². The molecule has 1 heterocycles. The fourth-order valence-corrected chi connectivity index (χ4v) is 1.72. The molecule has 0 saturated carbocycles. The van der Waals surface area contributed by atoms with E-state index in [9.17, 15) is 5.11 Å². The van der Waals surface area contributed by atoms with E-state index >= 15 is 0 Å². The smallest absolute Gasteiger partial charge is 0.0688 e. The van der Waals surface area contributed by atoms with Gasteiger partial charge in [0.25, 0.3) is 0 Å². The van der Waals surface area contributed by atoms with Gasteiger partial charge in [0.1, 0.15) is 0 Å². The number of aliphatic hydroxyl groups excluding tert-OH is 1. The van der Waals surface area contributed by atoms with Crippen LogP contribution in [0.1, 0.15) is 26.3 Å². The minimum Gasteiger partial charge on any atom is -0.392 e.